The molecule has 2 bridgehead atoms. The Kier molecular flexibility index (Phi) is 2.14. The monoisotopic (exact) mass is 211 g/mol. The van der Waals surface area contributed by atoms with E-state index >= 15 is 0 Å². The topological polar surface area (TPSA) is 32.3 Å². The van der Waals surface area contributed by atoms with Crippen LogP contribution in [-0.2, 0) is 4.74 Å². The van der Waals surface area contributed by atoms with Crippen molar-refractivity contribution in [1.29, 1.82) is 0 Å². The lowest BCUT2D eigenvalue weighted by atomic mass is 9.66. The Balaban J connectivity index is 1.92. The molecule has 86 valence electrons. The molecule has 15 heavy (non-hydrogen) atoms. The summed E-state index contributed by atoms with van der Waals surface area (Å²) in [6.07, 6.45) is 7.60. The number of hydrogen-bond acceptors (Lipinski definition) is 2. The van der Waals surface area contributed by atoms with Gasteiger partial charge in [0.15, 0.2) is 6.23 Å². The van der Waals surface area contributed by atoms with E-state index < -0.39 is 0 Å². The maximum absolute atomic E-state index is 12.5. The molecule has 0 aromatic heterocycles. The lowest BCUT2D eigenvalue weighted by Crippen LogP contribution is -2.68. The van der Waals surface area contributed by atoms with Crippen molar-refractivity contribution in [2.75, 3.05) is 13.1 Å². The molecule has 3 nitrogen and oxygen atoms in total. The van der Waals surface area contributed by atoms with Gasteiger partial charge in [-0.1, -0.05) is 12.8 Å². The van der Waals surface area contributed by atoms with Crippen molar-refractivity contribution in [3.8, 4) is 0 Å². The van der Waals surface area contributed by atoms with Gasteiger partial charge in [-0.3, -0.25) is 0 Å². The first kappa shape index (κ1) is 10.1. The zero-order valence-electron chi connectivity index (χ0n) is 9.58. The van der Waals surface area contributed by atoms with Crippen molar-refractivity contribution >= 4 is 0 Å². The fourth-order valence-electron chi connectivity index (χ4n) is 4.00. The second kappa shape index (κ2) is 3.19. The minimum atomic E-state index is -0.124. The Morgan fingerprint density at radius 2 is 2.07 bits per heavy atom. The molecule has 1 aliphatic carbocycles. The number of fused-ring (bicyclic) bond motifs is 1. The fraction of sp³-hybridized carbons (Fsp3) is 1.00. The Morgan fingerprint density at radius 1 is 1.27 bits per heavy atom. The minimum Gasteiger partial charge on any atom is -0.631 e. The lowest BCUT2D eigenvalue weighted by Gasteiger charge is -2.63. The van der Waals surface area contributed by atoms with Gasteiger partial charge in [0.1, 0.15) is 0 Å². The van der Waals surface area contributed by atoms with Crippen molar-refractivity contribution in [1.82, 2.24) is 0 Å². The van der Waals surface area contributed by atoms with Gasteiger partial charge in [0.2, 0.25) is 0 Å². The number of quaternary nitrogens is 1. The zero-order chi connectivity index (χ0) is 10.5. The van der Waals surface area contributed by atoms with E-state index in [9.17, 15) is 5.21 Å². The molecular formula is C12H21NO2. The standard InChI is InChI=1S/C12H21NO2/c1-10-13(14)8-4-7-12(9-13)6-3-2-5-11(12)15-10/h10-11H,2-9H2,1H3/t10-,11+,12+,13+/m1/s1. The van der Waals surface area contributed by atoms with Gasteiger partial charge in [0.25, 0.3) is 0 Å². The molecule has 0 N–H and O–H groups in total. The number of hydroxylamine groups is 3. The number of hydrogen-bond donors (Lipinski definition) is 0. The summed E-state index contributed by atoms with van der Waals surface area (Å²) in [5, 5.41) is 12.5. The zero-order valence-corrected chi connectivity index (χ0v) is 9.58. The van der Waals surface area contributed by atoms with Crippen LogP contribution in [-0.4, -0.2) is 30.1 Å². The first-order valence-corrected chi connectivity index (χ1v) is 6.38. The van der Waals surface area contributed by atoms with Crippen LogP contribution >= 0.6 is 0 Å². The summed E-state index contributed by atoms with van der Waals surface area (Å²) < 4.78 is 5.94. The van der Waals surface area contributed by atoms with E-state index in [0.717, 1.165) is 19.5 Å². The van der Waals surface area contributed by atoms with Gasteiger partial charge in [0, 0.05) is 12.3 Å². The third-order valence-corrected chi connectivity index (χ3v) is 4.89. The molecule has 2 heterocycles. The normalized spacial score (nSPS) is 54.8. The van der Waals surface area contributed by atoms with Crippen LogP contribution in [0.5, 0.6) is 0 Å². The maximum Gasteiger partial charge on any atom is 0.190 e. The van der Waals surface area contributed by atoms with Crippen LogP contribution < -0.4 is 0 Å². The molecule has 3 aliphatic rings. The van der Waals surface area contributed by atoms with Gasteiger partial charge in [-0.25, -0.2) is 0 Å². The van der Waals surface area contributed by atoms with Crippen LogP contribution in [0.2, 0.25) is 0 Å². The SMILES string of the molecule is C[C@H]1O[C@H]2CCCC[C@@]23CCC[N@+]1([O-])C3. The molecule has 0 aromatic carbocycles. The van der Waals surface area contributed by atoms with E-state index in [1.807, 2.05) is 6.92 Å². The lowest BCUT2D eigenvalue weighted by molar-refractivity contribution is -0.951. The average Bonchev–Trinajstić information content (AvgIpc) is 2.20. The van der Waals surface area contributed by atoms with E-state index in [4.69, 9.17) is 4.74 Å². The van der Waals surface area contributed by atoms with Crippen molar-refractivity contribution in [2.24, 2.45) is 5.41 Å². The Morgan fingerprint density at radius 3 is 2.93 bits per heavy atom. The van der Waals surface area contributed by atoms with Gasteiger partial charge in [0.05, 0.1) is 19.2 Å². The smallest absolute Gasteiger partial charge is 0.190 e. The molecule has 3 rings (SSSR count). The van der Waals surface area contributed by atoms with Crippen LogP contribution in [0, 0.1) is 10.6 Å². The Bertz CT molecular complexity index is 266. The van der Waals surface area contributed by atoms with E-state index in [0.29, 0.717) is 6.10 Å². The van der Waals surface area contributed by atoms with Gasteiger partial charge in [-0.2, -0.15) is 0 Å². The quantitative estimate of drug-likeness (QED) is 0.455. The van der Waals surface area contributed by atoms with Crippen LogP contribution in [0.1, 0.15) is 45.4 Å². The molecule has 2 saturated heterocycles. The first-order chi connectivity index (χ1) is 7.15. The molecule has 3 fully saturated rings. The van der Waals surface area contributed by atoms with Crippen LogP contribution in [0.4, 0.5) is 0 Å². The predicted molar refractivity (Wildman–Crippen MR) is 57.8 cm³/mol. The highest BCUT2D eigenvalue weighted by atomic mass is 16.6. The van der Waals surface area contributed by atoms with Crippen LogP contribution in [0.15, 0.2) is 0 Å². The first-order valence-electron chi connectivity index (χ1n) is 6.38. The molecule has 0 amide bonds. The van der Waals surface area contributed by atoms with Crippen molar-refractivity contribution < 1.29 is 9.38 Å². The number of ether oxygens (including phenoxy) is 1. The van der Waals surface area contributed by atoms with Gasteiger partial charge >= 0.3 is 0 Å². The van der Waals surface area contributed by atoms with Crippen LogP contribution in [0.3, 0.4) is 0 Å². The van der Waals surface area contributed by atoms with E-state index in [1.165, 1.54) is 32.1 Å². The molecule has 3 heteroatoms. The number of piperidine rings is 1. The Labute approximate surface area is 91.6 Å². The predicted octanol–water partition coefficient (Wildman–Crippen LogP) is 2.40. The summed E-state index contributed by atoms with van der Waals surface area (Å²) >= 11 is 0. The van der Waals surface area contributed by atoms with Crippen LogP contribution in [0.25, 0.3) is 0 Å². The fourth-order valence-corrected chi connectivity index (χ4v) is 4.00. The summed E-state index contributed by atoms with van der Waals surface area (Å²) in [7, 11) is 0. The van der Waals surface area contributed by atoms with Gasteiger partial charge in [-0.15, -0.1) is 0 Å². The number of rotatable bonds is 0. The van der Waals surface area contributed by atoms with Gasteiger partial charge < -0.3 is 14.6 Å². The van der Waals surface area contributed by atoms with E-state index in [2.05, 4.69) is 0 Å². The van der Waals surface area contributed by atoms with E-state index in [-0.39, 0.29) is 16.3 Å². The second-order valence-electron chi connectivity index (χ2n) is 5.77. The summed E-state index contributed by atoms with van der Waals surface area (Å²) in [5.41, 5.74) is 0.255. The summed E-state index contributed by atoms with van der Waals surface area (Å²) in [6, 6.07) is 0. The summed E-state index contributed by atoms with van der Waals surface area (Å²) in [4.78, 5) is 0. The number of nitrogens with zero attached hydrogens (tertiary/aromatic N) is 1. The minimum absolute atomic E-state index is 0.0729. The Hall–Kier alpha value is -0.120. The highest BCUT2D eigenvalue weighted by Crippen LogP contribution is 2.50. The third kappa shape index (κ3) is 1.37. The largest absolute Gasteiger partial charge is 0.631 e. The van der Waals surface area contributed by atoms with E-state index in [1.54, 1.807) is 0 Å². The molecule has 1 saturated carbocycles. The maximum atomic E-state index is 12.5. The molecule has 2 aliphatic heterocycles. The highest BCUT2D eigenvalue weighted by molar-refractivity contribution is 4.95. The molecule has 0 unspecified atom stereocenters. The highest BCUT2D eigenvalue weighted by Gasteiger charge is 2.54. The second-order valence-corrected chi connectivity index (χ2v) is 5.77. The average molecular weight is 211 g/mol. The van der Waals surface area contributed by atoms with Crippen molar-refractivity contribution in [2.45, 2.75) is 57.8 Å². The van der Waals surface area contributed by atoms with Crippen molar-refractivity contribution in [3.63, 3.8) is 0 Å². The molecule has 4 atom stereocenters. The summed E-state index contributed by atoms with van der Waals surface area (Å²) in [5.74, 6) is 0. The summed E-state index contributed by atoms with van der Waals surface area (Å²) in [6.45, 7) is 3.57. The molecule has 0 radical (unpaired) electrons. The molecule has 1 spiro atoms. The van der Waals surface area contributed by atoms with Crippen molar-refractivity contribution in [3.05, 3.63) is 5.21 Å². The van der Waals surface area contributed by atoms with Gasteiger partial charge in [-0.05, 0) is 25.7 Å². The molecule has 0 aromatic rings. The third-order valence-electron chi connectivity index (χ3n) is 4.89. The molecular weight excluding hydrogens is 190 g/mol.